The summed E-state index contributed by atoms with van der Waals surface area (Å²) in [6.07, 6.45) is 1.85. The van der Waals surface area contributed by atoms with Gasteiger partial charge in [-0.1, -0.05) is 0 Å². The van der Waals surface area contributed by atoms with Crippen molar-refractivity contribution in [1.29, 1.82) is 0 Å². The van der Waals surface area contributed by atoms with Gasteiger partial charge in [-0.05, 0) is 6.08 Å². The van der Waals surface area contributed by atoms with Gasteiger partial charge in [0.2, 0.25) is 0 Å². The molecule has 0 unspecified atom stereocenters. The normalized spacial score (nSPS) is 24.1. The van der Waals surface area contributed by atoms with E-state index < -0.39 is 17.8 Å². The molecule has 9 heavy (non-hydrogen) atoms. The molecule has 1 heterocycles. The van der Waals surface area contributed by atoms with Crippen molar-refractivity contribution in [3.8, 4) is 0 Å². The number of carboxylic acid groups (broad SMARTS) is 1. The molecule has 1 N–H and O–H groups in total. The highest BCUT2D eigenvalue weighted by atomic mass is 19.1. The first-order chi connectivity index (χ1) is 4.20. The molecule has 0 fully saturated rings. The van der Waals surface area contributed by atoms with Gasteiger partial charge < -0.3 is 5.11 Å². The molecule has 0 spiro atoms. The van der Waals surface area contributed by atoms with E-state index in [1.54, 1.807) is 0 Å². The van der Waals surface area contributed by atoms with Crippen LogP contribution in [-0.4, -0.2) is 23.3 Å². The Bertz CT molecular complexity index is 197. The summed E-state index contributed by atoms with van der Waals surface area (Å²) >= 11 is 0. The summed E-state index contributed by atoms with van der Waals surface area (Å²) in [4.78, 5) is 13.3. The molecule has 1 atom stereocenters. The number of carboxylic acids is 1. The predicted octanol–water partition coefficient (Wildman–Crippen LogP) is 0.377. The summed E-state index contributed by atoms with van der Waals surface area (Å²) in [5.41, 5.74) is 0. The number of aliphatic carboxylic acids is 1. The molecule has 0 aromatic rings. The molecule has 0 aromatic heterocycles. The monoisotopic (exact) mass is 129 g/mol. The molecular weight excluding hydrogens is 125 g/mol. The zero-order valence-electron chi connectivity index (χ0n) is 4.41. The molecule has 0 aliphatic carbocycles. The number of nitrogens with zero attached hydrogens (tertiary/aromatic N) is 1. The molecule has 0 aromatic carbocycles. The lowest BCUT2D eigenvalue weighted by Gasteiger charge is -1.91. The second-order valence-corrected chi connectivity index (χ2v) is 1.61. The second kappa shape index (κ2) is 1.97. The van der Waals surface area contributed by atoms with Crippen LogP contribution in [0.4, 0.5) is 4.39 Å². The number of allylic oxidation sites excluding steroid dienone is 1. The van der Waals surface area contributed by atoms with E-state index in [9.17, 15) is 9.18 Å². The minimum atomic E-state index is -1.13. The number of hydrogen-bond acceptors (Lipinski definition) is 2. The summed E-state index contributed by atoms with van der Waals surface area (Å²) in [6, 6.07) is -1.01. The molecule has 0 bridgehead atoms. The van der Waals surface area contributed by atoms with Crippen molar-refractivity contribution in [3.05, 3.63) is 11.9 Å². The summed E-state index contributed by atoms with van der Waals surface area (Å²) in [5, 5.41) is 8.21. The van der Waals surface area contributed by atoms with Gasteiger partial charge in [0, 0.05) is 0 Å². The molecule has 1 aliphatic rings. The third-order valence-corrected chi connectivity index (χ3v) is 0.929. The van der Waals surface area contributed by atoms with Crippen LogP contribution in [0.3, 0.4) is 0 Å². The highest BCUT2D eigenvalue weighted by molar-refractivity contribution is 5.87. The van der Waals surface area contributed by atoms with Gasteiger partial charge in [-0.2, -0.15) is 0 Å². The molecule has 0 amide bonds. The van der Waals surface area contributed by atoms with Gasteiger partial charge in [0.1, 0.15) is 5.83 Å². The lowest BCUT2D eigenvalue weighted by Crippen LogP contribution is -2.12. The van der Waals surface area contributed by atoms with E-state index in [0.717, 1.165) is 12.3 Å². The zero-order valence-corrected chi connectivity index (χ0v) is 4.41. The Hall–Kier alpha value is -1.19. The van der Waals surface area contributed by atoms with Crippen LogP contribution in [0.2, 0.25) is 0 Å². The molecule has 0 radical (unpaired) electrons. The van der Waals surface area contributed by atoms with E-state index in [1.165, 1.54) is 0 Å². The summed E-state index contributed by atoms with van der Waals surface area (Å²) in [5.74, 6) is -1.71. The van der Waals surface area contributed by atoms with Gasteiger partial charge in [-0.3, -0.25) is 4.99 Å². The molecule has 1 rings (SSSR count). The Kier molecular flexibility index (Phi) is 1.30. The van der Waals surface area contributed by atoms with Crippen LogP contribution in [0.1, 0.15) is 0 Å². The van der Waals surface area contributed by atoms with Crippen LogP contribution in [0.25, 0.3) is 0 Å². The van der Waals surface area contributed by atoms with Gasteiger partial charge >= 0.3 is 5.97 Å². The van der Waals surface area contributed by atoms with Gasteiger partial charge in [0.15, 0.2) is 6.04 Å². The zero-order chi connectivity index (χ0) is 6.85. The molecular formula is C5H4FNO2. The minimum Gasteiger partial charge on any atom is -0.479 e. The fourth-order valence-corrected chi connectivity index (χ4v) is 0.523. The standard InChI is InChI=1S/C5H4FNO2/c6-3-1-4(5(8)9)7-2-3/h1-2,4H,(H,8,9)/t4-/m0/s1. The lowest BCUT2D eigenvalue weighted by atomic mass is 10.3. The lowest BCUT2D eigenvalue weighted by molar-refractivity contribution is -0.137. The first-order valence-electron chi connectivity index (χ1n) is 2.33. The van der Waals surface area contributed by atoms with Crippen LogP contribution in [0.15, 0.2) is 16.9 Å². The minimum absolute atomic E-state index is 0.581. The van der Waals surface area contributed by atoms with E-state index in [1.807, 2.05) is 0 Å². The Morgan fingerprint density at radius 2 is 2.56 bits per heavy atom. The van der Waals surface area contributed by atoms with E-state index in [0.29, 0.717) is 0 Å². The summed E-state index contributed by atoms with van der Waals surface area (Å²) in [7, 11) is 0. The maximum atomic E-state index is 12.0. The Morgan fingerprint density at radius 3 is 2.78 bits per heavy atom. The quantitative estimate of drug-likeness (QED) is 0.556. The Morgan fingerprint density at radius 1 is 1.89 bits per heavy atom. The first-order valence-corrected chi connectivity index (χ1v) is 2.33. The highest BCUT2D eigenvalue weighted by Crippen LogP contribution is 2.07. The molecule has 0 saturated carbocycles. The second-order valence-electron chi connectivity index (χ2n) is 1.61. The fraction of sp³-hybridized carbons (Fsp3) is 0.200. The van der Waals surface area contributed by atoms with Gasteiger partial charge in [-0.15, -0.1) is 0 Å². The topological polar surface area (TPSA) is 49.7 Å². The smallest absolute Gasteiger partial charge is 0.332 e. The van der Waals surface area contributed by atoms with Crippen LogP contribution in [-0.2, 0) is 4.79 Å². The average molecular weight is 129 g/mol. The fourth-order valence-electron chi connectivity index (χ4n) is 0.523. The molecule has 0 saturated heterocycles. The van der Waals surface area contributed by atoms with Gasteiger partial charge in [0.25, 0.3) is 0 Å². The van der Waals surface area contributed by atoms with Crippen molar-refractivity contribution < 1.29 is 14.3 Å². The Labute approximate surface area is 50.5 Å². The van der Waals surface area contributed by atoms with E-state index in [4.69, 9.17) is 5.11 Å². The molecule has 4 heteroatoms. The Balaban J connectivity index is 2.70. The van der Waals surface area contributed by atoms with Crippen LogP contribution >= 0.6 is 0 Å². The number of halogens is 1. The van der Waals surface area contributed by atoms with Crippen LogP contribution in [0, 0.1) is 0 Å². The van der Waals surface area contributed by atoms with Crippen LogP contribution in [0.5, 0.6) is 0 Å². The largest absolute Gasteiger partial charge is 0.479 e. The SMILES string of the molecule is O=C(O)[C@@H]1C=C(F)C=N1. The van der Waals surface area contributed by atoms with Crippen molar-refractivity contribution >= 4 is 12.2 Å². The maximum absolute atomic E-state index is 12.0. The number of aliphatic imine (C=N–C) groups is 1. The first kappa shape index (κ1) is 5.94. The molecule has 48 valence electrons. The third kappa shape index (κ3) is 1.13. The maximum Gasteiger partial charge on any atom is 0.332 e. The average Bonchev–Trinajstić information content (AvgIpc) is 2.14. The van der Waals surface area contributed by atoms with Crippen molar-refractivity contribution in [2.75, 3.05) is 0 Å². The van der Waals surface area contributed by atoms with Crippen molar-refractivity contribution in [3.63, 3.8) is 0 Å². The van der Waals surface area contributed by atoms with E-state index in [2.05, 4.69) is 4.99 Å². The van der Waals surface area contributed by atoms with Crippen molar-refractivity contribution in [2.24, 2.45) is 4.99 Å². The third-order valence-electron chi connectivity index (χ3n) is 0.929. The summed E-state index contributed by atoms with van der Waals surface area (Å²) in [6.45, 7) is 0. The number of carbonyl (C=O) groups is 1. The highest BCUT2D eigenvalue weighted by Gasteiger charge is 2.17. The van der Waals surface area contributed by atoms with E-state index in [-0.39, 0.29) is 0 Å². The predicted molar refractivity (Wildman–Crippen MR) is 29.1 cm³/mol. The number of rotatable bonds is 1. The summed E-state index contributed by atoms with van der Waals surface area (Å²) < 4.78 is 12.0. The molecule has 1 aliphatic heterocycles. The van der Waals surface area contributed by atoms with Gasteiger partial charge in [-0.25, -0.2) is 9.18 Å². The van der Waals surface area contributed by atoms with Crippen molar-refractivity contribution in [1.82, 2.24) is 0 Å². The number of hydrogen-bond donors (Lipinski definition) is 1. The molecule has 3 nitrogen and oxygen atoms in total. The van der Waals surface area contributed by atoms with E-state index >= 15 is 0 Å². The van der Waals surface area contributed by atoms with Crippen molar-refractivity contribution in [2.45, 2.75) is 6.04 Å². The van der Waals surface area contributed by atoms with Crippen LogP contribution < -0.4 is 0 Å². The van der Waals surface area contributed by atoms with Gasteiger partial charge in [0.05, 0.1) is 6.21 Å².